The molecule has 0 heterocycles. The smallest absolute Gasteiger partial charge is 0.0638 e. The number of rotatable bonds is 2. The molecule has 0 spiro atoms. The van der Waals surface area contributed by atoms with Crippen LogP contribution in [0.2, 0.25) is 0 Å². The van der Waals surface area contributed by atoms with Gasteiger partial charge >= 0.3 is 0 Å². The van der Waals surface area contributed by atoms with Crippen LogP contribution in [0.1, 0.15) is 19.3 Å². The second-order valence-corrected chi connectivity index (χ2v) is 2.35. The predicted molar refractivity (Wildman–Crippen MR) is 32.3 cm³/mol. The third-order valence-electron chi connectivity index (χ3n) is 1.53. The third-order valence-corrected chi connectivity index (χ3v) is 1.68. The Hall–Kier alpha value is 0.310. The summed E-state index contributed by atoms with van der Waals surface area (Å²) in [4.78, 5) is 0. The maximum absolute atomic E-state index is 4.64. The van der Waals surface area contributed by atoms with Gasteiger partial charge in [0.25, 0.3) is 0 Å². The summed E-state index contributed by atoms with van der Waals surface area (Å²) in [5, 5.41) is 0. The van der Waals surface area contributed by atoms with Gasteiger partial charge in [-0.3, -0.25) is 0 Å². The van der Waals surface area contributed by atoms with Gasteiger partial charge in [0, 0.05) is 0 Å². The summed E-state index contributed by atoms with van der Waals surface area (Å²) in [6, 6.07) is 0. The molecule has 0 aliphatic heterocycles. The zero-order chi connectivity index (χ0) is 5.11. The molecule has 0 aromatic rings. The van der Waals surface area contributed by atoms with E-state index in [2.05, 4.69) is 17.1 Å². The van der Waals surface area contributed by atoms with Gasteiger partial charge in [-0.1, -0.05) is 6.42 Å². The average molecular weight is 118 g/mol. The Kier molecular flexibility index (Phi) is 2.00. The minimum atomic E-state index is 0.831. The van der Waals surface area contributed by atoms with E-state index < -0.39 is 0 Å². The van der Waals surface area contributed by atoms with E-state index in [1.807, 2.05) is 0 Å². The molecule has 0 unspecified atom stereocenters. The van der Waals surface area contributed by atoms with Gasteiger partial charge in [-0.15, -0.1) is 0 Å². The Labute approximate surface area is 49.7 Å². The Balaban J connectivity index is 1.93. The van der Waals surface area contributed by atoms with E-state index in [0.717, 1.165) is 12.5 Å². The molecule has 7 heavy (non-hydrogen) atoms. The molecule has 0 N–H and O–H groups in total. The van der Waals surface area contributed by atoms with Crippen LogP contribution in [0, 0.1) is 5.92 Å². The van der Waals surface area contributed by atoms with Gasteiger partial charge < -0.3 is 4.18 Å². The fraction of sp³-hybridized carbons (Fsp3) is 1.00. The summed E-state index contributed by atoms with van der Waals surface area (Å²) < 4.78 is 4.64. The summed E-state index contributed by atoms with van der Waals surface area (Å²) in [5.74, 6) is 0.831. The lowest BCUT2D eigenvalue weighted by Gasteiger charge is -2.23. The highest BCUT2D eigenvalue weighted by atomic mass is 32.1. The predicted octanol–water partition coefficient (Wildman–Crippen LogP) is 1.65. The molecular formula is C5H10OS. The Bertz CT molecular complexity index is 52.0. The summed E-state index contributed by atoms with van der Waals surface area (Å²) in [6.07, 6.45) is 4.09. The molecule has 0 atom stereocenters. The molecule has 0 amide bonds. The molecule has 0 saturated heterocycles. The van der Waals surface area contributed by atoms with Crippen molar-refractivity contribution in [2.24, 2.45) is 5.92 Å². The largest absolute Gasteiger partial charge is 0.318 e. The molecule has 1 aliphatic rings. The topological polar surface area (TPSA) is 9.23 Å². The highest BCUT2D eigenvalue weighted by Gasteiger charge is 2.16. The van der Waals surface area contributed by atoms with Crippen molar-refractivity contribution in [3.63, 3.8) is 0 Å². The van der Waals surface area contributed by atoms with E-state index in [-0.39, 0.29) is 0 Å². The fourth-order valence-electron chi connectivity index (χ4n) is 0.765. The number of hydrogen-bond donors (Lipinski definition) is 1. The fourth-order valence-corrected chi connectivity index (χ4v) is 0.976. The molecule has 1 fully saturated rings. The summed E-state index contributed by atoms with van der Waals surface area (Å²) in [7, 11) is 0. The van der Waals surface area contributed by atoms with Gasteiger partial charge in [-0.25, -0.2) is 0 Å². The lowest BCUT2D eigenvalue weighted by molar-refractivity contribution is 0.205. The first kappa shape index (κ1) is 5.45. The van der Waals surface area contributed by atoms with E-state index in [1.54, 1.807) is 0 Å². The van der Waals surface area contributed by atoms with Crippen molar-refractivity contribution >= 4 is 12.9 Å². The van der Waals surface area contributed by atoms with Crippen molar-refractivity contribution in [3.8, 4) is 0 Å². The van der Waals surface area contributed by atoms with Crippen molar-refractivity contribution in [1.29, 1.82) is 0 Å². The number of thiol groups is 1. The van der Waals surface area contributed by atoms with Crippen LogP contribution in [0.25, 0.3) is 0 Å². The normalized spacial score (nSPS) is 21.9. The number of hydrogen-bond acceptors (Lipinski definition) is 2. The molecule has 0 aromatic carbocycles. The second-order valence-electron chi connectivity index (χ2n) is 2.09. The van der Waals surface area contributed by atoms with Crippen LogP contribution in [0.15, 0.2) is 0 Å². The molecule has 42 valence electrons. The zero-order valence-corrected chi connectivity index (χ0v) is 5.16. The van der Waals surface area contributed by atoms with E-state index in [9.17, 15) is 0 Å². The summed E-state index contributed by atoms with van der Waals surface area (Å²) in [6.45, 7) is 0.850. The quantitative estimate of drug-likeness (QED) is 0.428. The van der Waals surface area contributed by atoms with E-state index in [0.29, 0.717) is 0 Å². The van der Waals surface area contributed by atoms with Crippen molar-refractivity contribution < 1.29 is 4.18 Å². The maximum atomic E-state index is 4.64. The van der Waals surface area contributed by atoms with Gasteiger partial charge in [-0.2, -0.15) is 0 Å². The monoisotopic (exact) mass is 118 g/mol. The lowest BCUT2D eigenvalue weighted by Crippen LogP contribution is -2.14. The highest BCUT2D eigenvalue weighted by molar-refractivity contribution is 7.75. The molecule has 2 heteroatoms. The van der Waals surface area contributed by atoms with E-state index in [4.69, 9.17) is 0 Å². The van der Waals surface area contributed by atoms with Crippen LogP contribution < -0.4 is 0 Å². The lowest BCUT2D eigenvalue weighted by atomic mass is 9.86. The molecule has 1 rings (SSSR count). The first-order valence-corrected chi connectivity index (χ1v) is 3.06. The van der Waals surface area contributed by atoms with Gasteiger partial charge in [-0.05, 0) is 31.7 Å². The van der Waals surface area contributed by atoms with Gasteiger partial charge in [0.1, 0.15) is 0 Å². The third kappa shape index (κ3) is 1.35. The minimum absolute atomic E-state index is 0.831. The molecule has 1 nitrogen and oxygen atoms in total. The van der Waals surface area contributed by atoms with Crippen LogP contribution in [0.4, 0.5) is 0 Å². The van der Waals surface area contributed by atoms with E-state index >= 15 is 0 Å². The SMILES string of the molecule is SOCC1CCC1. The molecule has 1 aliphatic carbocycles. The van der Waals surface area contributed by atoms with Crippen molar-refractivity contribution in [2.75, 3.05) is 6.61 Å². The van der Waals surface area contributed by atoms with Crippen LogP contribution >= 0.6 is 12.9 Å². The van der Waals surface area contributed by atoms with Gasteiger partial charge in [0.15, 0.2) is 0 Å². The zero-order valence-electron chi connectivity index (χ0n) is 4.26. The van der Waals surface area contributed by atoms with Crippen LogP contribution in [0.3, 0.4) is 0 Å². The standard InChI is InChI=1S/C5H10OS/c7-6-4-5-2-1-3-5/h5,7H,1-4H2. The Morgan fingerprint density at radius 1 is 1.57 bits per heavy atom. The Morgan fingerprint density at radius 2 is 2.29 bits per heavy atom. The van der Waals surface area contributed by atoms with Gasteiger partial charge in [0.05, 0.1) is 6.61 Å². The van der Waals surface area contributed by atoms with E-state index in [1.165, 1.54) is 19.3 Å². The Morgan fingerprint density at radius 3 is 2.43 bits per heavy atom. The molecule has 0 radical (unpaired) electrons. The molecular weight excluding hydrogens is 108 g/mol. The average Bonchev–Trinajstić information content (AvgIpc) is 1.55. The minimum Gasteiger partial charge on any atom is -0.318 e. The first-order chi connectivity index (χ1) is 3.43. The maximum Gasteiger partial charge on any atom is 0.0638 e. The van der Waals surface area contributed by atoms with Crippen molar-refractivity contribution in [3.05, 3.63) is 0 Å². The van der Waals surface area contributed by atoms with Gasteiger partial charge in [0.2, 0.25) is 0 Å². The second kappa shape index (κ2) is 2.58. The van der Waals surface area contributed by atoms with Crippen molar-refractivity contribution in [2.45, 2.75) is 19.3 Å². The van der Waals surface area contributed by atoms with Crippen LogP contribution in [-0.4, -0.2) is 6.61 Å². The summed E-state index contributed by atoms with van der Waals surface area (Å²) in [5.41, 5.74) is 0. The van der Waals surface area contributed by atoms with Crippen molar-refractivity contribution in [1.82, 2.24) is 0 Å². The van der Waals surface area contributed by atoms with Crippen LogP contribution in [-0.2, 0) is 4.18 Å². The van der Waals surface area contributed by atoms with Crippen LogP contribution in [0.5, 0.6) is 0 Å². The molecule has 0 aromatic heterocycles. The first-order valence-electron chi connectivity index (χ1n) is 2.70. The summed E-state index contributed by atoms with van der Waals surface area (Å²) >= 11 is 3.65. The highest BCUT2D eigenvalue weighted by Crippen LogP contribution is 2.26. The molecule has 0 bridgehead atoms. The molecule has 1 saturated carbocycles.